The van der Waals surface area contributed by atoms with Crippen molar-refractivity contribution in [2.24, 2.45) is 11.1 Å². The Balaban J connectivity index is 1.33. The van der Waals surface area contributed by atoms with Crippen molar-refractivity contribution in [2.75, 3.05) is 25.2 Å². The third-order valence-electron chi connectivity index (χ3n) is 4.61. The van der Waals surface area contributed by atoms with Gasteiger partial charge in [0.2, 0.25) is 22.7 Å². The monoisotopic (exact) mass is 403 g/mol. The number of nitrogens with zero attached hydrogens (tertiary/aromatic N) is 1. The van der Waals surface area contributed by atoms with Crippen molar-refractivity contribution in [1.29, 1.82) is 0 Å². The summed E-state index contributed by atoms with van der Waals surface area (Å²) in [5.41, 5.74) is 0.930. The fourth-order valence-corrected chi connectivity index (χ4v) is 3.51. The lowest BCUT2D eigenvalue weighted by atomic mass is 9.97. The minimum atomic E-state index is -3.78. The van der Waals surface area contributed by atoms with Crippen LogP contribution in [0.4, 0.5) is 5.69 Å². The minimum absolute atomic E-state index is 0.0327. The van der Waals surface area contributed by atoms with Crippen LogP contribution in [0.5, 0.6) is 11.5 Å². The Morgan fingerprint density at radius 1 is 1.04 bits per heavy atom. The molecule has 10 heteroatoms. The molecule has 28 heavy (non-hydrogen) atoms. The van der Waals surface area contributed by atoms with Gasteiger partial charge in [0.05, 0.1) is 10.8 Å². The van der Waals surface area contributed by atoms with Crippen molar-refractivity contribution in [3.05, 3.63) is 48.0 Å². The number of ether oxygens (including phenoxy) is 2. The summed E-state index contributed by atoms with van der Waals surface area (Å²) < 4.78 is 33.0. The van der Waals surface area contributed by atoms with Crippen molar-refractivity contribution in [1.82, 2.24) is 4.90 Å². The van der Waals surface area contributed by atoms with Crippen LogP contribution in [-0.4, -0.2) is 45.0 Å². The van der Waals surface area contributed by atoms with Crippen molar-refractivity contribution in [3.63, 3.8) is 0 Å². The van der Waals surface area contributed by atoms with Gasteiger partial charge in [-0.05, 0) is 42.5 Å². The number of hydrogen-bond donors (Lipinski definition) is 2. The Labute approximate surface area is 161 Å². The average molecular weight is 403 g/mol. The largest absolute Gasteiger partial charge is 0.454 e. The maximum absolute atomic E-state index is 12.5. The summed E-state index contributed by atoms with van der Waals surface area (Å²) in [5.74, 6) is 0.378. The molecule has 0 unspecified atom stereocenters. The molecule has 4 rings (SSSR count). The molecule has 0 atom stereocenters. The number of primary sulfonamides is 1. The number of benzene rings is 2. The summed E-state index contributed by atoms with van der Waals surface area (Å²) in [7, 11) is -3.78. The van der Waals surface area contributed by atoms with E-state index < -0.39 is 10.0 Å². The van der Waals surface area contributed by atoms with Crippen LogP contribution in [0.3, 0.4) is 0 Å². The van der Waals surface area contributed by atoms with Gasteiger partial charge in [0.1, 0.15) is 0 Å². The third-order valence-corrected chi connectivity index (χ3v) is 5.54. The normalized spacial score (nSPS) is 15.8. The molecule has 2 heterocycles. The van der Waals surface area contributed by atoms with Crippen LogP contribution in [0.15, 0.2) is 47.4 Å². The highest BCUT2D eigenvalue weighted by Gasteiger charge is 2.36. The molecule has 1 saturated heterocycles. The van der Waals surface area contributed by atoms with Gasteiger partial charge in [-0.25, -0.2) is 13.6 Å². The molecule has 2 aliphatic heterocycles. The number of anilines is 1. The van der Waals surface area contributed by atoms with E-state index in [-0.39, 0.29) is 29.4 Å². The average Bonchev–Trinajstić information content (AvgIpc) is 3.07. The van der Waals surface area contributed by atoms with Crippen LogP contribution in [0.1, 0.15) is 10.4 Å². The number of carbonyl (C=O) groups excluding carboxylic acids is 2. The maximum Gasteiger partial charge on any atom is 0.254 e. The van der Waals surface area contributed by atoms with Gasteiger partial charge in [-0.3, -0.25) is 9.59 Å². The Morgan fingerprint density at radius 3 is 2.39 bits per heavy atom. The molecule has 0 bridgehead atoms. The summed E-state index contributed by atoms with van der Waals surface area (Å²) in [6.07, 6.45) is 0. The molecule has 2 aliphatic rings. The second-order valence-corrected chi connectivity index (χ2v) is 8.10. The van der Waals surface area contributed by atoms with Crippen LogP contribution in [0, 0.1) is 5.92 Å². The van der Waals surface area contributed by atoms with E-state index in [0.29, 0.717) is 35.8 Å². The number of fused-ring (bicyclic) bond motifs is 1. The van der Waals surface area contributed by atoms with Gasteiger partial charge in [0.15, 0.2) is 11.5 Å². The fraction of sp³-hybridized carbons (Fsp3) is 0.222. The Kier molecular flexibility index (Phi) is 4.44. The zero-order valence-electron chi connectivity index (χ0n) is 14.6. The van der Waals surface area contributed by atoms with Gasteiger partial charge < -0.3 is 19.7 Å². The molecule has 3 N–H and O–H groups in total. The second-order valence-electron chi connectivity index (χ2n) is 6.53. The molecule has 2 aromatic carbocycles. The van der Waals surface area contributed by atoms with Gasteiger partial charge in [-0.1, -0.05) is 0 Å². The predicted octanol–water partition coefficient (Wildman–Crippen LogP) is 0.773. The van der Waals surface area contributed by atoms with Crippen molar-refractivity contribution in [2.45, 2.75) is 4.90 Å². The minimum Gasteiger partial charge on any atom is -0.454 e. The lowest BCUT2D eigenvalue weighted by Gasteiger charge is -2.38. The van der Waals surface area contributed by atoms with E-state index in [9.17, 15) is 18.0 Å². The SMILES string of the molecule is NS(=O)(=O)c1ccc(NC(=O)C2CN(C(=O)c3ccc4c(c3)OCO4)C2)cc1. The molecular weight excluding hydrogens is 386 g/mol. The van der Waals surface area contributed by atoms with E-state index in [0.717, 1.165) is 0 Å². The van der Waals surface area contributed by atoms with Crippen molar-refractivity contribution < 1.29 is 27.5 Å². The first-order valence-corrected chi connectivity index (χ1v) is 9.98. The van der Waals surface area contributed by atoms with E-state index in [4.69, 9.17) is 14.6 Å². The van der Waals surface area contributed by atoms with E-state index in [1.807, 2.05) is 0 Å². The quantitative estimate of drug-likeness (QED) is 0.776. The molecule has 0 saturated carbocycles. The number of nitrogens with two attached hydrogens (primary N) is 1. The topological polar surface area (TPSA) is 128 Å². The molecule has 0 aromatic heterocycles. The Hall–Kier alpha value is -3.11. The fourth-order valence-electron chi connectivity index (χ4n) is 2.99. The van der Waals surface area contributed by atoms with Crippen LogP contribution in [0.2, 0.25) is 0 Å². The number of carbonyl (C=O) groups is 2. The predicted molar refractivity (Wildman–Crippen MR) is 98.4 cm³/mol. The summed E-state index contributed by atoms with van der Waals surface area (Å²) >= 11 is 0. The van der Waals surface area contributed by atoms with Crippen LogP contribution in [0.25, 0.3) is 0 Å². The van der Waals surface area contributed by atoms with Gasteiger partial charge in [0, 0.05) is 24.3 Å². The molecule has 9 nitrogen and oxygen atoms in total. The standard InChI is InChI=1S/C18H17N3O6S/c19-28(24,25)14-4-2-13(3-5-14)20-17(22)12-8-21(9-12)18(23)11-1-6-15-16(7-11)27-10-26-15/h1-7,12H,8-10H2,(H,20,22)(H2,19,24,25). The molecule has 1 fully saturated rings. The number of nitrogens with one attached hydrogen (secondary N) is 1. The number of amides is 2. The van der Waals surface area contributed by atoms with Crippen molar-refractivity contribution >= 4 is 27.5 Å². The zero-order valence-corrected chi connectivity index (χ0v) is 15.4. The van der Waals surface area contributed by atoms with Crippen LogP contribution in [-0.2, 0) is 14.8 Å². The van der Waals surface area contributed by atoms with Crippen molar-refractivity contribution in [3.8, 4) is 11.5 Å². The molecule has 2 amide bonds. The highest BCUT2D eigenvalue weighted by atomic mass is 32.2. The Morgan fingerprint density at radius 2 is 1.71 bits per heavy atom. The molecule has 0 spiro atoms. The summed E-state index contributed by atoms with van der Waals surface area (Å²) in [4.78, 5) is 26.4. The first-order chi connectivity index (χ1) is 13.3. The van der Waals surface area contributed by atoms with E-state index >= 15 is 0 Å². The zero-order chi connectivity index (χ0) is 19.9. The second kappa shape index (κ2) is 6.80. The first kappa shape index (κ1) is 18.3. The van der Waals surface area contributed by atoms with Gasteiger partial charge in [-0.2, -0.15) is 0 Å². The summed E-state index contributed by atoms with van der Waals surface area (Å²) in [6, 6.07) is 10.5. The maximum atomic E-state index is 12.5. The molecule has 2 aromatic rings. The number of hydrogen-bond acceptors (Lipinski definition) is 6. The Bertz CT molecular complexity index is 1050. The van der Waals surface area contributed by atoms with E-state index in [1.165, 1.54) is 24.3 Å². The van der Waals surface area contributed by atoms with E-state index in [2.05, 4.69) is 5.32 Å². The number of rotatable bonds is 4. The van der Waals surface area contributed by atoms with Crippen LogP contribution < -0.4 is 19.9 Å². The third kappa shape index (κ3) is 3.51. The first-order valence-electron chi connectivity index (χ1n) is 8.44. The van der Waals surface area contributed by atoms with Gasteiger partial charge >= 0.3 is 0 Å². The lowest BCUT2D eigenvalue weighted by Crippen LogP contribution is -2.54. The molecular formula is C18H17N3O6S. The number of likely N-dealkylation sites (tertiary alicyclic amines) is 1. The van der Waals surface area contributed by atoms with Crippen LogP contribution >= 0.6 is 0 Å². The number of sulfonamides is 1. The van der Waals surface area contributed by atoms with Gasteiger partial charge in [-0.15, -0.1) is 0 Å². The highest BCUT2D eigenvalue weighted by molar-refractivity contribution is 7.89. The molecule has 0 radical (unpaired) electrons. The lowest BCUT2D eigenvalue weighted by molar-refractivity contribution is -0.123. The summed E-state index contributed by atoms with van der Waals surface area (Å²) in [6.45, 7) is 0.736. The summed E-state index contributed by atoms with van der Waals surface area (Å²) in [5, 5.41) is 7.75. The molecule has 0 aliphatic carbocycles. The smallest absolute Gasteiger partial charge is 0.254 e. The molecule has 146 valence electrons. The highest BCUT2D eigenvalue weighted by Crippen LogP contribution is 2.33. The van der Waals surface area contributed by atoms with E-state index in [1.54, 1.807) is 23.1 Å². The van der Waals surface area contributed by atoms with Gasteiger partial charge in [0.25, 0.3) is 5.91 Å².